The molecule has 3 aromatic carbocycles. The van der Waals surface area contributed by atoms with Crippen molar-refractivity contribution in [3.63, 3.8) is 0 Å². The molecule has 0 saturated heterocycles. The number of nitrogens with zero attached hydrogens (tertiary/aromatic N) is 2. The van der Waals surface area contributed by atoms with E-state index in [1.807, 2.05) is 18.2 Å². The van der Waals surface area contributed by atoms with E-state index in [2.05, 4.69) is 135 Å². The highest BCUT2D eigenvalue weighted by Crippen LogP contribution is 2.48. The van der Waals surface area contributed by atoms with E-state index < -0.39 is 7.52 Å². The molecule has 0 spiro atoms. The molecule has 216 valence electrons. The highest BCUT2D eigenvalue weighted by atomic mass is 31.2. The third kappa shape index (κ3) is 5.60. The van der Waals surface area contributed by atoms with Gasteiger partial charge in [0.2, 0.25) is 5.69 Å². The van der Waals surface area contributed by atoms with E-state index in [-0.39, 0.29) is 10.8 Å². The average Bonchev–Trinajstić information content (AvgIpc) is 3.32. The van der Waals surface area contributed by atoms with Crippen molar-refractivity contribution in [2.75, 3.05) is 25.0 Å². The molecule has 0 aliphatic carbocycles. The van der Waals surface area contributed by atoms with Gasteiger partial charge in [-0.15, -0.1) is 0 Å². The van der Waals surface area contributed by atoms with E-state index in [9.17, 15) is 4.57 Å². The molecule has 6 heteroatoms. The summed E-state index contributed by atoms with van der Waals surface area (Å²) in [5.41, 5.74) is 7.27. The second kappa shape index (κ2) is 11.8. The van der Waals surface area contributed by atoms with Gasteiger partial charge in [-0.1, -0.05) is 93.3 Å². The summed E-state index contributed by atoms with van der Waals surface area (Å²) in [5, 5.41) is 3.14. The molecule has 2 aliphatic rings. The number of hydrogen-bond donors (Lipinski definition) is 1. The highest BCUT2D eigenvalue weighted by molar-refractivity contribution is 7.60. The molecule has 0 amide bonds. The number of hydrogen-bond acceptors (Lipinski definition) is 3. The molecule has 0 saturated carbocycles. The molecule has 2 aliphatic heterocycles. The minimum atomic E-state index is -3.26. The first-order chi connectivity index (χ1) is 20.1. The van der Waals surface area contributed by atoms with E-state index in [4.69, 9.17) is 4.52 Å². The monoisotopic (exact) mass is 578 g/mol. The highest BCUT2D eigenvalue weighted by Gasteiger charge is 2.42. The van der Waals surface area contributed by atoms with Gasteiger partial charge in [-0.2, -0.15) is 4.58 Å². The Labute approximate surface area is 250 Å². The van der Waals surface area contributed by atoms with Crippen molar-refractivity contribution >= 4 is 24.6 Å². The van der Waals surface area contributed by atoms with Crippen molar-refractivity contribution in [3.05, 3.63) is 138 Å². The summed E-state index contributed by atoms with van der Waals surface area (Å²) >= 11 is 0. The summed E-state index contributed by atoms with van der Waals surface area (Å²) in [4.78, 5) is 2.31. The van der Waals surface area contributed by atoms with Gasteiger partial charge < -0.3 is 9.42 Å². The first-order valence-corrected chi connectivity index (χ1v) is 16.1. The number of rotatable bonds is 10. The summed E-state index contributed by atoms with van der Waals surface area (Å²) in [7, 11) is -1.12. The zero-order valence-corrected chi connectivity index (χ0v) is 26.1. The zero-order chi connectivity index (χ0) is 30.0. The van der Waals surface area contributed by atoms with Crippen LogP contribution >= 0.6 is 7.52 Å². The number of anilines is 1. The molecule has 1 unspecified atom stereocenters. The van der Waals surface area contributed by atoms with Crippen LogP contribution in [0.4, 0.5) is 11.4 Å². The molecule has 1 atom stereocenters. The van der Waals surface area contributed by atoms with Gasteiger partial charge in [0.1, 0.15) is 12.8 Å². The molecule has 42 heavy (non-hydrogen) atoms. The summed E-state index contributed by atoms with van der Waals surface area (Å²) < 4.78 is 21.4. The maximum atomic E-state index is 13.4. The van der Waals surface area contributed by atoms with Crippen molar-refractivity contribution in [1.29, 1.82) is 0 Å². The summed E-state index contributed by atoms with van der Waals surface area (Å²) in [5.74, 6) is 1.93. The van der Waals surface area contributed by atoms with Crippen LogP contribution in [0.1, 0.15) is 38.8 Å². The van der Waals surface area contributed by atoms with Gasteiger partial charge in [0.05, 0.1) is 5.41 Å². The van der Waals surface area contributed by atoms with Crippen LogP contribution in [0.15, 0.2) is 127 Å². The minimum absolute atomic E-state index is 0.0534. The van der Waals surface area contributed by atoms with Crippen molar-refractivity contribution in [1.82, 2.24) is 5.09 Å². The third-order valence-electron chi connectivity index (χ3n) is 8.36. The molecular weight excluding hydrogens is 537 g/mol. The molecule has 1 N–H and O–H groups in total. The number of nitrogens with one attached hydrogen (secondary N) is 1. The van der Waals surface area contributed by atoms with Crippen LogP contribution in [0, 0.1) is 0 Å². The maximum Gasteiger partial charge on any atom is 0.339 e. The molecule has 5 nitrogen and oxygen atoms in total. The number of para-hydroxylation sites is 3. The summed E-state index contributed by atoms with van der Waals surface area (Å²) in [6, 6.07) is 26.3. The fourth-order valence-electron chi connectivity index (χ4n) is 6.13. The van der Waals surface area contributed by atoms with Gasteiger partial charge in [0.25, 0.3) is 0 Å². The molecule has 2 heterocycles. The molecule has 5 rings (SSSR count). The van der Waals surface area contributed by atoms with Crippen molar-refractivity contribution < 1.29 is 13.7 Å². The molecule has 0 radical (unpaired) electrons. The van der Waals surface area contributed by atoms with Gasteiger partial charge in [0.15, 0.2) is 5.71 Å². The Balaban J connectivity index is 1.34. The molecule has 0 fully saturated rings. The van der Waals surface area contributed by atoms with Gasteiger partial charge >= 0.3 is 7.52 Å². The van der Waals surface area contributed by atoms with Gasteiger partial charge in [-0.25, -0.2) is 5.09 Å². The lowest BCUT2D eigenvalue weighted by Gasteiger charge is -2.27. The van der Waals surface area contributed by atoms with Crippen molar-refractivity contribution in [3.8, 4) is 5.75 Å². The topological polar surface area (TPSA) is 44.6 Å². The Kier molecular flexibility index (Phi) is 8.28. The molecular formula is C36H41N3O2P+. The van der Waals surface area contributed by atoms with Crippen LogP contribution in [0.3, 0.4) is 0 Å². The fraction of sp³-hybridized carbons (Fsp3) is 0.250. The summed E-state index contributed by atoms with van der Waals surface area (Å²) in [6.07, 6.45) is 10.7. The second-order valence-corrected chi connectivity index (χ2v) is 13.8. The smallest absolute Gasteiger partial charge is 0.339 e. The Morgan fingerprint density at radius 3 is 2.26 bits per heavy atom. The largest absolute Gasteiger partial charge is 0.430 e. The second-order valence-electron chi connectivity index (χ2n) is 11.8. The average molecular weight is 579 g/mol. The van der Waals surface area contributed by atoms with E-state index in [0.29, 0.717) is 18.8 Å². The minimum Gasteiger partial charge on any atom is -0.430 e. The van der Waals surface area contributed by atoms with Crippen LogP contribution < -0.4 is 14.5 Å². The first-order valence-electron chi connectivity index (χ1n) is 14.4. The Bertz CT molecular complexity index is 1650. The van der Waals surface area contributed by atoms with Crippen LogP contribution in [0.25, 0.3) is 0 Å². The van der Waals surface area contributed by atoms with E-state index in [1.165, 1.54) is 39.7 Å². The fourth-order valence-corrected chi connectivity index (χ4v) is 7.25. The van der Waals surface area contributed by atoms with Crippen molar-refractivity contribution in [2.45, 2.75) is 38.5 Å². The zero-order valence-electron chi connectivity index (χ0n) is 25.2. The van der Waals surface area contributed by atoms with Crippen LogP contribution in [-0.4, -0.2) is 30.4 Å². The van der Waals surface area contributed by atoms with E-state index >= 15 is 0 Å². The van der Waals surface area contributed by atoms with E-state index in [0.717, 1.165) is 0 Å². The SMILES string of the molecule is C=CP(=O)(NCCN1/C(=C/C=C/C=C/C2=[N+](C)c3ccccc3C2(C)C)C(C)(C)c2ccccc21)Oc1ccccc1. The number of allylic oxidation sites excluding steroid dienone is 6. The van der Waals surface area contributed by atoms with Gasteiger partial charge in [0, 0.05) is 53.4 Å². The Morgan fingerprint density at radius 2 is 1.55 bits per heavy atom. The predicted molar refractivity (Wildman–Crippen MR) is 176 cm³/mol. The van der Waals surface area contributed by atoms with Crippen LogP contribution in [0.2, 0.25) is 0 Å². The third-order valence-corrected chi connectivity index (χ3v) is 9.99. The standard InChI is InChI=1S/C36H41N3O2P/c1-7-42(40,41-28-18-10-8-11-19-28)37-26-27-39-32-23-17-15-21-30(32)36(4,5)34(39)25-13-9-12-24-33-35(2,3)29-20-14-16-22-31(29)38(33)6/h7-25H,1,26-27H2,2-6H3,(H,37,40)/q+1. The number of fused-ring (bicyclic) bond motifs is 2. The van der Waals surface area contributed by atoms with Crippen molar-refractivity contribution in [2.24, 2.45) is 0 Å². The Hall–Kier alpha value is -3.92. The normalized spacial score (nSPS) is 19.4. The molecule has 0 bridgehead atoms. The lowest BCUT2D eigenvalue weighted by molar-refractivity contribution is -0.401. The predicted octanol–water partition coefficient (Wildman–Crippen LogP) is 8.49. The lowest BCUT2D eigenvalue weighted by atomic mass is 9.81. The van der Waals surface area contributed by atoms with Gasteiger partial charge in [-0.05, 0) is 43.7 Å². The molecule has 3 aromatic rings. The Morgan fingerprint density at radius 1 is 0.881 bits per heavy atom. The quantitative estimate of drug-likeness (QED) is 0.149. The maximum absolute atomic E-state index is 13.4. The summed E-state index contributed by atoms with van der Waals surface area (Å²) in [6.45, 7) is 13.9. The molecule has 0 aromatic heterocycles. The van der Waals surface area contributed by atoms with Crippen LogP contribution in [-0.2, 0) is 15.4 Å². The van der Waals surface area contributed by atoms with Gasteiger partial charge in [-0.3, -0.25) is 4.57 Å². The number of benzene rings is 3. The lowest BCUT2D eigenvalue weighted by Crippen LogP contribution is -2.32. The first kappa shape index (κ1) is 29.6. The van der Waals surface area contributed by atoms with Crippen LogP contribution in [0.5, 0.6) is 5.75 Å². The van der Waals surface area contributed by atoms with E-state index in [1.54, 1.807) is 12.1 Å².